The summed E-state index contributed by atoms with van der Waals surface area (Å²) < 4.78 is 0. The van der Waals surface area contributed by atoms with Gasteiger partial charge >= 0.3 is 0 Å². The molecule has 0 aliphatic heterocycles. The predicted molar refractivity (Wildman–Crippen MR) is 81.3 cm³/mol. The van der Waals surface area contributed by atoms with E-state index in [1.165, 1.54) is 10.9 Å². The molecule has 1 unspecified atom stereocenters. The summed E-state index contributed by atoms with van der Waals surface area (Å²) in [5.74, 6) is 0.0498. The molecule has 2 aromatic rings. The number of carbonyl (C=O) groups is 1. The topological polar surface area (TPSA) is 54.0 Å². The standard InChI is InChI=1S/C16H21N3O/c1-3-8-18-16(20)12(2)19-11-14-6-4-5-13-10-17-9-7-15(13)14/h4-7,9-10,12,19H,3,8,11H2,1-2H3,(H,18,20). The summed E-state index contributed by atoms with van der Waals surface area (Å²) in [6, 6.07) is 7.95. The van der Waals surface area contributed by atoms with Crippen molar-refractivity contribution in [3.05, 3.63) is 42.2 Å². The van der Waals surface area contributed by atoms with E-state index in [-0.39, 0.29) is 11.9 Å². The van der Waals surface area contributed by atoms with Crippen LogP contribution in [0.4, 0.5) is 0 Å². The predicted octanol–water partition coefficient (Wildman–Crippen LogP) is 2.24. The van der Waals surface area contributed by atoms with Crippen molar-refractivity contribution in [1.29, 1.82) is 0 Å². The van der Waals surface area contributed by atoms with E-state index in [1.807, 2.05) is 38.2 Å². The number of carbonyl (C=O) groups excluding carboxylic acids is 1. The molecule has 1 aromatic heterocycles. The molecule has 0 bridgehead atoms. The molecule has 2 N–H and O–H groups in total. The Kier molecular flexibility index (Phi) is 5.07. The summed E-state index contributed by atoms with van der Waals surface area (Å²) in [5.41, 5.74) is 1.18. The quantitative estimate of drug-likeness (QED) is 0.847. The fraction of sp³-hybridized carbons (Fsp3) is 0.375. The zero-order valence-electron chi connectivity index (χ0n) is 12.0. The Hall–Kier alpha value is -1.94. The van der Waals surface area contributed by atoms with Crippen LogP contribution in [0.5, 0.6) is 0 Å². The Labute approximate surface area is 119 Å². The molecule has 1 aromatic carbocycles. The second-order valence-corrected chi connectivity index (χ2v) is 4.91. The van der Waals surface area contributed by atoms with Crippen LogP contribution >= 0.6 is 0 Å². The van der Waals surface area contributed by atoms with Crippen molar-refractivity contribution < 1.29 is 4.79 Å². The summed E-state index contributed by atoms with van der Waals surface area (Å²) in [5, 5.41) is 8.46. The van der Waals surface area contributed by atoms with Crippen molar-refractivity contribution >= 4 is 16.7 Å². The van der Waals surface area contributed by atoms with Crippen molar-refractivity contribution in [1.82, 2.24) is 15.6 Å². The molecule has 20 heavy (non-hydrogen) atoms. The van der Waals surface area contributed by atoms with Gasteiger partial charge in [0.25, 0.3) is 0 Å². The number of pyridine rings is 1. The number of fused-ring (bicyclic) bond motifs is 1. The molecule has 0 fully saturated rings. The molecule has 106 valence electrons. The zero-order valence-corrected chi connectivity index (χ0v) is 12.0. The van der Waals surface area contributed by atoms with E-state index < -0.39 is 0 Å². The fourth-order valence-electron chi connectivity index (χ4n) is 2.10. The molecule has 1 amide bonds. The van der Waals surface area contributed by atoms with E-state index in [1.54, 1.807) is 6.20 Å². The number of hydrogen-bond donors (Lipinski definition) is 2. The average molecular weight is 271 g/mol. The molecule has 2 rings (SSSR count). The number of benzene rings is 1. The zero-order chi connectivity index (χ0) is 14.4. The summed E-state index contributed by atoms with van der Waals surface area (Å²) in [6.45, 7) is 5.33. The molecule has 1 atom stereocenters. The molecule has 4 heteroatoms. The highest BCUT2D eigenvalue weighted by Gasteiger charge is 2.11. The van der Waals surface area contributed by atoms with Crippen molar-refractivity contribution in [3.8, 4) is 0 Å². The number of aromatic nitrogens is 1. The molecular weight excluding hydrogens is 250 g/mol. The van der Waals surface area contributed by atoms with Crippen molar-refractivity contribution in [2.24, 2.45) is 0 Å². The number of nitrogens with one attached hydrogen (secondary N) is 2. The maximum absolute atomic E-state index is 11.8. The molecule has 0 spiro atoms. The molecule has 1 heterocycles. The lowest BCUT2D eigenvalue weighted by atomic mass is 10.1. The molecule has 0 aliphatic carbocycles. The monoisotopic (exact) mass is 271 g/mol. The highest BCUT2D eigenvalue weighted by Crippen LogP contribution is 2.17. The molecule has 0 saturated carbocycles. The number of amides is 1. The van der Waals surface area contributed by atoms with E-state index in [2.05, 4.69) is 21.7 Å². The van der Waals surface area contributed by atoms with Crippen molar-refractivity contribution in [2.75, 3.05) is 6.54 Å². The van der Waals surface area contributed by atoms with Gasteiger partial charge in [-0.2, -0.15) is 0 Å². The van der Waals surface area contributed by atoms with Crippen LogP contribution in [0, 0.1) is 0 Å². The van der Waals surface area contributed by atoms with E-state index in [0.29, 0.717) is 6.54 Å². The van der Waals surface area contributed by atoms with Gasteiger partial charge in [0.2, 0.25) is 5.91 Å². The van der Waals surface area contributed by atoms with Crippen LogP contribution in [0.15, 0.2) is 36.7 Å². The Morgan fingerprint density at radius 3 is 3.00 bits per heavy atom. The smallest absolute Gasteiger partial charge is 0.236 e. The fourth-order valence-corrected chi connectivity index (χ4v) is 2.10. The van der Waals surface area contributed by atoms with Gasteiger partial charge in [0.1, 0.15) is 0 Å². The number of nitrogens with zero attached hydrogens (tertiary/aromatic N) is 1. The first-order valence-electron chi connectivity index (χ1n) is 7.05. The highest BCUT2D eigenvalue weighted by molar-refractivity contribution is 5.85. The highest BCUT2D eigenvalue weighted by atomic mass is 16.2. The van der Waals surface area contributed by atoms with Gasteiger partial charge in [-0.15, -0.1) is 0 Å². The van der Waals surface area contributed by atoms with Gasteiger partial charge in [0, 0.05) is 30.9 Å². The normalized spacial score (nSPS) is 12.3. The minimum absolute atomic E-state index is 0.0498. The Bertz CT molecular complexity index is 577. The Morgan fingerprint density at radius 1 is 1.35 bits per heavy atom. The summed E-state index contributed by atoms with van der Waals surface area (Å²) >= 11 is 0. The van der Waals surface area contributed by atoms with Gasteiger partial charge in [0.05, 0.1) is 6.04 Å². The number of rotatable bonds is 6. The van der Waals surface area contributed by atoms with Crippen LogP contribution in [0.3, 0.4) is 0 Å². The van der Waals surface area contributed by atoms with Crippen LogP contribution < -0.4 is 10.6 Å². The van der Waals surface area contributed by atoms with Crippen molar-refractivity contribution in [2.45, 2.75) is 32.9 Å². The van der Waals surface area contributed by atoms with Crippen LogP contribution in [-0.4, -0.2) is 23.5 Å². The first-order valence-corrected chi connectivity index (χ1v) is 7.05. The maximum atomic E-state index is 11.8. The Morgan fingerprint density at radius 2 is 2.20 bits per heavy atom. The van der Waals surface area contributed by atoms with Gasteiger partial charge < -0.3 is 10.6 Å². The van der Waals surface area contributed by atoms with E-state index in [0.717, 1.165) is 18.4 Å². The van der Waals surface area contributed by atoms with Gasteiger partial charge in [-0.25, -0.2) is 0 Å². The second kappa shape index (κ2) is 7.01. The third kappa shape index (κ3) is 3.54. The summed E-state index contributed by atoms with van der Waals surface area (Å²) in [6.07, 6.45) is 4.61. The van der Waals surface area contributed by atoms with Gasteiger partial charge in [-0.1, -0.05) is 25.1 Å². The van der Waals surface area contributed by atoms with Gasteiger partial charge in [-0.3, -0.25) is 9.78 Å². The molecular formula is C16H21N3O. The lowest BCUT2D eigenvalue weighted by Crippen LogP contribution is -2.42. The van der Waals surface area contributed by atoms with Crippen molar-refractivity contribution in [3.63, 3.8) is 0 Å². The lowest BCUT2D eigenvalue weighted by molar-refractivity contribution is -0.122. The largest absolute Gasteiger partial charge is 0.355 e. The lowest BCUT2D eigenvalue weighted by Gasteiger charge is -2.14. The molecule has 0 aliphatic rings. The first kappa shape index (κ1) is 14.5. The van der Waals surface area contributed by atoms with Crippen LogP contribution in [0.2, 0.25) is 0 Å². The number of hydrogen-bond acceptors (Lipinski definition) is 3. The first-order chi connectivity index (χ1) is 9.72. The van der Waals surface area contributed by atoms with Crippen LogP contribution in [0.1, 0.15) is 25.8 Å². The summed E-state index contributed by atoms with van der Waals surface area (Å²) in [7, 11) is 0. The van der Waals surface area contributed by atoms with E-state index in [4.69, 9.17) is 0 Å². The average Bonchev–Trinajstić information content (AvgIpc) is 2.50. The third-order valence-corrected chi connectivity index (χ3v) is 3.31. The maximum Gasteiger partial charge on any atom is 0.236 e. The van der Waals surface area contributed by atoms with E-state index >= 15 is 0 Å². The molecule has 0 radical (unpaired) electrons. The minimum Gasteiger partial charge on any atom is -0.355 e. The van der Waals surface area contributed by atoms with Crippen LogP contribution in [0.25, 0.3) is 10.8 Å². The molecule has 0 saturated heterocycles. The molecule has 4 nitrogen and oxygen atoms in total. The van der Waals surface area contributed by atoms with Gasteiger partial charge in [-0.05, 0) is 30.4 Å². The SMILES string of the molecule is CCCNC(=O)C(C)NCc1cccc2cnccc12. The Balaban J connectivity index is 2.00. The minimum atomic E-state index is -0.196. The second-order valence-electron chi connectivity index (χ2n) is 4.91. The third-order valence-electron chi connectivity index (χ3n) is 3.31. The summed E-state index contributed by atoms with van der Waals surface area (Å²) in [4.78, 5) is 15.9. The van der Waals surface area contributed by atoms with E-state index in [9.17, 15) is 4.79 Å². The van der Waals surface area contributed by atoms with Crippen LogP contribution in [-0.2, 0) is 11.3 Å². The van der Waals surface area contributed by atoms with Gasteiger partial charge in [0.15, 0.2) is 0 Å².